The van der Waals surface area contributed by atoms with Crippen LogP contribution in [-0.2, 0) is 22.6 Å². The van der Waals surface area contributed by atoms with Crippen molar-refractivity contribution >= 4 is 23.2 Å². The Morgan fingerprint density at radius 2 is 1.62 bits per heavy atom. The number of nitrogens with zero attached hydrogens (tertiary/aromatic N) is 3. The molecule has 1 fully saturated rings. The standard InChI is InChI=1S/C25H29N5O2/c31-24(25(32)28-23-6-4-5-21(17-23)18-30-16-12-26-19-30)27-22-9-7-20(8-10-22)11-15-29-13-2-1-3-14-29/h4-10,12,16-17,19H,1-3,11,13-15,18H2,(H,27,31)(H,28,32). The Balaban J connectivity index is 1.26. The van der Waals surface area contributed by atoms with Gasteiger partial charge in [-0.2, -0.15) is 0 Å². The van der Waals surface area contributed by atoms with E-state index < -0.39 is 11.8 Å². The summed E-state index contributed by atoms with van der Waals surface area (Å²) in [4.78, 5) is 31.2. The number of imidazole rings is 1. The maximum absolute atomic E-state index is 12.3. The number of carbonyl (C=O) groups is 2. The molecule has 0 atom stereocenters. The summed E-state index contributed by atoms with van der Waals surface area (Å²) in [7, 11) is 0. The van der Waals surface area contributed by atoms with Gasteiger partial charge in [-0.05, 0) is 67.7 Å². The van der Waals surface area contributed by atoms with Gasteiger partial charge in [-0.3, -0.25) is 9.59 Å². The molecule has 1 aliphatic rings. The van der Waals surface area contributed by atoms with E-state index >= 15 is 0 Å². The second-order valence-corrected chi connectivity index (χ2v) is 8.19. The van der Waals surface area contributed by atoms with Gasteiger partial charge in [0.25, 0.3) is 0 Å². The van der Waals surface area contributed by atoms with E-state index in [1.807, 2.05) is 53.2 Å². The van der Waals surface area contributed by atoms with E-state index in [0.29, 0.717) is 17.9 Å². The lowest BCUT2D eigenvalue weighted by molar-refractivity contribution is -0.132. The number of piperidine rings is 1. The van der Waals surface area contributed by atoms with Gasteiger partial charge in [0.1, 0.15) is 0 Å². The lowest BCUT2D eigenvalue weighted by atomic mass is 10.1. The smallest absolute Gasteiger partial charge is 0.314 e. The monoisotopic (exact) mass is 431 g/mol. The molecular weight excluding hydrogens is 402 g/mol. The normalized spacial score (nSPS) is 14.1. The average Bonchev–Trinajstić information content (AvgIpc) is 3.32. The highest BCUT2D eigenvalue weighted by molar-refractivity contribution is 6.43. The Hall–Kier alpha value is -3.45. The second-order valence-electron chi connectivity index (χ2n) is 8.19. The third-order valence-electron chi connectivity index (χ3n) is 5.69. The number of nitrogens with one attached hydrogen (secondary N) is 2. The van der Waals surface area contributed by atoms with Crippen LogP contribution < -0.4 is 10.6 Å². The van der Waals surface area contributed by atoms with Crippen molar-refractivity contribution in [3.8, 4) is 0 Å². The Morgan fingerprint density at radius 1 is 0.875 bits per heavy atom. The quantitative estimate of drug-likeness (QED) is 0.561. The van der Waals surface area contributed by atoms with Crippen molar-refractivity contribution in [2.45, 2.75) is 32.2 Å². The summed E-state index contributed by atoms with van der Waals surface area (Å²) in [5, 5.41) is 5.34. The van der Waals surface area contributed by atoms with Gasteiger partial charge in [-0.15, -0.1) is 0 Å². The third-order valence-corrected chi connectivity index (χ3v) is 5.69. The van der Waals surface area contributed by atoms with Crippen molar-refractivity contribution in [2.75, 3.05) is 30.3 Å². The van der Waals surface area contributed by atoms with Crippen LogP contribution >= 0.6 is 0 Å². The minimum atomic E-state index is -0.695. The summed E-state index contributed by atoms with van der Waals surface area (Å²) < 4.78 is 1.93. The predicted octanol–water partition coefficient (Wildman–Crippen LogP) is 3.54. The molecule has 2 aromatic carbocycles. The van der Waals surface area contributed by atoms with Crippen molar-refractivity contribution in [3.63, 3.8) is 0 Å². The molecule has 2 amide bonds. The van der Waals surface area contributed by atoms with E-state index in [0.717, 1.165) is 18.5 Å². The zero-order valence-corrected chi connectivity index (χ0v) is 18.2. The SMILES string of the molecule is O=C(Nc1ccc(CCN2CCCCC2)cc1)C(=O)Nc1cccc(Cn2ccnc2)c1. The summed E-state index contributed by atoms with van der Waals surface area (Å²) in [5.74, 6) is -1.38. The molecule has 7 heteroatoms. The second kappa shape index (κ2) is 10.7. The van der Waals surface area contributed by atoms with Crippen molar-refractivity contribution in [1.29, 1.82) is 0 Å². The molecule has 7 nitrogen and oxygen atoms in total. The van der Waals surface area contributed by atoms with Gasteiger partial charge in [0.2, 0.25) is 0 Å². The maximum Gasteiger partial charge on any atom is 0.314 e. The van der Waals surface area contributed by atoms with Crippen molar-refractivity contribution in [1.82, 2.24) is 14.5 Å². The Labute approximate surface area is 188 Å². The molecule has 2 heterocycles. The van der Waals surface area contributed by atoms with Gasteiger partial charge in [0.15, 0.2) is 0 Å². The van der Waals surface area contributed by atoms with E-state index in [1.54, 1.807) is 18.6 Å². The zero-order chi connectivity index (χ0) is 22.2. The van der Waals surface area contributed by atoms with Crippen molar-refractivity contribution in [3.05, 3.63) is 78.4 Å². The van der Waals surface area contributed by atoms with Gasteiger partial charge in [-0.25, -0.2) is 4.98 Å². The van der Waals surface area contributed by atoms with Gasteiger partial charge < -0.3 is 20.1 Å². The van der Waals surface area contributed by atoms with E-state index in [4.69, 9.17) is 0 Å². The number of hydrogen-bond acceptors (Lipinski definition) is 4. The minimum absolute atomic E-state index is 0.579. The summed E-state index contributed by atoms with van der Waals surface area (Å²) in [6, 6.07) is 15.1. The van der Waals surface area contributed by atoms with Gasteiger partial charge in [0.05, 0.1) is 6.33 Å². The molecule has 0 spiro atoms. The van der Waals surface area contributed by atoms with Crippen LogP contribution in [0.15, 0.2) is 67.3 Å². The topological polar surface area (TPSA) is 79.3 Å². The predicted molar refractivity (Wildman–Crippen MR) is 125 cm³/mol. The maximum atomic E-state index is 12.3. The van der Waals surface area contributed by atoms with Crippen molar-refractivity contribution in [2.24, 2.45) is 0 Å². The van der Waals surface area contributed by atoms with E-state index in [-0.39, 0.29) is 0 Å². The van der Waals surface area contributed by atoms with Crippen LogP contribution in [-0.4, -0.2) is 45.9 Å². The van der Waals surface area contributed by atoms with Crippen LogP contribution in [0.4, 0.5) is 11.4 Å². The first-order valence-corrected chi connectivity index (χ1v) is 11.1. The number of aromatic nitrogens is 2. The molecule has 1 saturated heterocycles. The molecule has 0 unspecified atom stereocenters. The van der Waals surface area contributed by atoms with E-state index in [9.17, 15) is 9.59 Å². The van der Waals surface area contributed by atoms with Gasteiger partial charge in [-0.1, -0.05) is 30.7 Å². The Morgan fingerprint density at radius 3 is 2.34 bits per heavy atom. The first kappa shape index (κ1) is 21.8. The van der Waals surface area contributed by atoms with Crippen LogP contribution in [0.3, 0.4) is 0 Å². The lowest BCUT2D eigenvalue weighted by Gasteiger charge is -2.26. The number of carbonyl (C=O) groups excluding carboxylic acids is 2. The Kier molecular flexibility index (Phi) is 7.30. The molecule has 32 heavy (non-hydrogen) atoms. The molecule has 0 bridgehead atoms. The van der Waals surface area contributed by atoms with Crippen LogP contribution in [0.2, 0.25) is 0 Å². The van der Waals surface area contributed by atoms with Gasteiger partial charge >= 0.3 is 11.8 Å². The minimum Gasteiger partial charge on any atom is -0.333 e. The molecule has 166 valence electrons. The van der Waals surface area contributed by atoms with Crippen LogP contribution in [0.25, 0.3) is 0 Å². The molecule has 1 aromatic heterocycles. The highest BCUT2D eigenvalue weighted by atomic mass is 16.2. The Bertz CT molecular complexity index is 1020. The highest BCUT2D eigenvalue weighted by Crippen LogP contribution is 2.14. The fraction of sp³-hybridized carbons (Fsp3) is 0.320. The summed E-state index contributed by atoms with van der Waals surface area (Å²) in [5.41, 5.74) is 3.42. The van der Waals surface area contributed by atoms with Crippen LogP contribution in [0, 0.1) is 0 Å². The zero-order valence-electron chi connectivity index (χ0n) is 18.2. The van der Waals surface area contributed by atoms with E-state index in [1.165, 1.54) is 37.9 Å². The highest BCUT2D eigenvalue weighted by Gasteiger charge is 2.15. The largest absolute Gasteiger partial charge is 0.333 e. The molecule has 1 aliphatic heterocycles. The first-order chi connectivity index (χ1) is 15.7. The number of amides is 2. The molecule has 0 aliphatic carbocycles. The van der Waals surface area contributed by atoms with Crippen molar-refractivity contribution < 1.29 is 9.59 Å². The fourth-order valence-corrected chi connectivity index (χ4v) is 3.94. The van der Waals surface area contributed by atoms with Gasteiger partial charge in [0, 0.05) is 36.9 Å². The first-order valence-electron chi connectivity index (χ1n) is 11.1. The molecule has 0 saturated carbocycles. The van der Waals surface area contributed by atoms with Crippen LogP contribution in [0.5, 0.6) is 0 Å². The lowest BCUT2D eigenvalue weighted by Crippen LogP contribution is -2.31. The molecule has 0 radical (unpaired) electrons. The number of benzene rings is 2. The summed E-state index contributed by atoms with van der Waals surface area (Å²) in [6.07, 6.45) is 10.2. The van der Waals surface area contributed by atoms with Crippen LogP contribution in [0.1, 0.15) is 30.4 Å². The number of rotatable bonds is 7. The molecule has 3 aromatic rings. The number of likely N-dealkylation sites (tertiary alicyclic amines) is 1. The molecule has 4 rings (SSSR count). The summed E-state index contributed by atoms with van der Waals surface area (Å²) in [6.45, 7) is 4.08. The van der Waals surface area contributed by atoms with E-state index in [2.05, 4.69) is 20.5 Å². The number of anilines is 2. The third kappa shape index (κ3) is 6.28. The summed E-state index contributed by atoms with van der Waals surface area (Å²) >= 11 is 0. The average molecular weight is 432 g/mol. The molecular formula is C25H29N5O2. The fourth-order valence-electron chi connectivity index (χ4n) is 3.94. The molecule has 2 N–H and O–H groups in total. The number of hydrogen-bond donors (Lipinski definition) is 2.